The van der Waals surface area contributed by atoms with Crippen LogP contribution in [-0.4, -0.2) is 14.2 Å². The summed E-state index contributed by atoms with van der Waals surface area (Å²) in [5.41, 5.74) is 0.238. The molecule has 0 amide bonds. The first-order valence-electron chi connectivity index (χ1n) is 3.66. The number of nitriles is 1. The monoisotopic (exact) mass is 214 g/mol. The first-order chi connectivity index (χ1) is 6.53. The zero-order valence-electron chi connectivity index (χ0n) is 7.07. The fraction of sp³-hybridized carbons (Fsp3) is 0.125. The van der Waals surface area contributed by atoms with E-state index in [9.17, 15) is 12.8 Å². The quantitative estimate of drug-likeness (QED) is 0.818. The van der Waals surface area contributed by atoms with E-state index in [0.29, 0.717) is 0 Å². The lowest BCUT2D eigenvalue weighted by Gasteiger charge is -2.03. The molecular formula is C8H7FN2O2S. The summed E-state index contributed by atoms with van der Waals surface area (Å²) in [5, 5.41) is 8.19. The van der Waals surface area contributed by atoms with Gasteiger partial charge in [-0.15, -0.1) is 0 Å². The average molecular weight is 214 g/mol. The van der Waals surface area contributed by atoms with E-state index in [-0.39, 0.29) is 5.69 Å². The van der Waals surface area contributed by atoms with Gasteiger partial charge in [-0.1, -0.05) is 0 Å². The van der Waals surface area contributed by atoms with Crippen LogP contribution in [0.5, 0.6) is 0 Å². The first-order valence-corrected chi connectivity index (χ1v) is 5.32. The van der Waals surface area contributed by atoms with Crippen molar-refractivity contribution in [1.82, 2.24) is 0 Å². The van der Waals surface area contributed by atoms with Gasteiger partial charge in [0.15, 0.2) is 5.75 Å². The Morgan fingerprint density at radius 3 is 2.43 bits per heavy atom. The van der Waals surface area contributed by atoms with Crippen molar-refractivity contribution in [2.45, 2.75) is 0 Å². The van der Waals surface area contributed by atoms with Crippen molar-refractivity contribution in [1.29, 1.82) is 5.26 Å². The third-order valence-electron chi connectivity index (χ3n) is 1.37. The van der Waals surface area contributed by atoms with Crippen LogP contribution in [0.3, 0.4) is 0 Å². The lowest BCUT2D eigenvalue weighted by molar-refractivity contribution is 0.604. The van der Waals surface area contributed by atoms with Crippen LogP contribution in [0.1, 0.15) is 0 Å². The molecule has 0 bridgehead atoms. The molecule has 0 saturated carbocycles. The molecule has 1 rings (SSSR count). The van der Waals surface area contributed by atoms with E-state index >= 15 is 0 Å². The van der Waals surface area contributed by atoms with Crippen LogP contribution in [0, 0.1) is 17.1 Å². The van der Waals surface area contributed by atoms with E-state index in [1.54, 1.807) is 0 Å². The van der Waals surface area contributed by atoms with Crippen LogP contribution in [0.2, 0.25) is 0 Å². The molecule has 74 valence electrons. The largest absolute Gasteiger partial charge is 0.283 e. The minimum absolute atomic E-state index is 0.238. The van der Waals surface area contributed by atoms with E-state index in [1.807, 2.05) is 0 Å². The maximum Gasteiger partial charge on any atom is 0.246 e. The molecule has 0 aromatic heterocycles. The Morgan fingerprint density at radius 1 is 1.36 bits per heavy atom. The highest BCUT2D eigenvalue weighted by molar-refractivity contribution is 7.92. The summed E-state index contributed by atoms with van der Waals surface area (Å²) in [7, 11) is -3.63. The molecular weight excluding hydrogens is 207 g/mol. The summed E-state index contributed by atoms with van der Waals surface area (Å²) in [5.74, 6) is -1.07. The van der Waals surface area contributed by atoms with E-state index in [0.717, 1.165) is 12.1 Å². The molecule has 4 nitrogen and oxygen atoms in total. The highest BCUT2D eigenvalue weighted by atomic mass is 32.2. The predicted molar refractivity (Wildman–Crippen MR) is 49.4 cm³/mol. The van der Waals surface area contributed by atoms with Crippen LogP contribution < -0.4 is 4.72 Å². The van der Waals surface area contributed by atoms with Gasteiger partial charge in [-0.05, 0) is 24.3 Å². The molecule has 1 aromatic rings. The number of nitrogens with one attached hydrogen (secondary N) is 1. The zero-order valence-corrected chi connectivity index (χ0v) is 7.88. The van der Waals surface area contributed by atoms with Crippen molar-refractivity contribution in [2.24, 2.45) is 0 Å². The first kappa shape index (κ1) is 10.5. The number of rotatable bonds is 3. The minimum atomic E-state index is -3.63. The Morgan fingerprint density at radius 2 is 1.93 bits per heavy atom. The lowest BCUT2D eigenvalue weighted by atomic mass is 10.3. The van der Waals surface area contributed by atoms with Crippen molar-refractivity contribution in [3.8, 4) is 6.07 Å². The average Bonchev–Trinajstić information content (AvgIpc) is 2.08. The smallest absolute Gasteiger partial charge is 0.246 e. The Balaban J connectivity index is 2.80. The Labute approximate surface area is 81.0 Å². The summed E-state index contributed by atoms with van der Waals surface area (Å²) in [6, 6.07) is 6.34. The van der Waals surface area contributed by atoms with Crippen molar-refractivity contribution < 1.29 is 12.8 Å². The third-order valence-corrected chi connectivity index (χ3v) is 2.43. The van der Waals surface area contributed by atoms with E-state index in [2.05, 4.69) is 4.72 Å². The summed E-state index contributed by atoms with van der Waals surface area (Å²) in [6.45, 7) is 0. The molecule has 0 aliphatic rings. The number of halogens is 1. The van der Waals surface area contributed by atoms with Crippen LogP contribution in [-0.2, 0) is 10.0 Å². The molecule has 0 radical (unpaired) electrons. The molecule has 0 fully saturated rings. The van der Waals surface area contributed by atoms with Gasteiger partial charge in [0.2, 0.25) is 10.0 Å². The minimum Gasteiger partial charge on any atom is -0.283 e. The number of sulfonamides is 1. The highest BCUT2D eigenvalue weighted by Crippen LogP contribution is 2.09. The summed E-state index contributed by atoms with van der Waals surface area (Å²) in [6.07, 6.45) is 0. The van der Waals surface area contributed by atoms with Crippen LogP contribution >= 0.6 is 0 Å². The van der Waals surface area contributed by atoms with Crippen molar-refractivity contribution in [2.75, 3.05) is 10.5 Å². The molecule has 0 unspecified atom stereocenters. The lowest BCUT2D eigenvalue weighted by Crippen LogP contribution is -2.15. The normalized spacial score (nSPS) is 10.6. The fourth-order valence-corrected chi connectivity index (χ4v) is 1.56. The third kappa shape index (κ3) is 3.03. The molecule has 1 aromatic carbocycles. The molecule has 0 aliphatic carbocycles. The molecule has 0 atom stereocenters. The number of benzene rings is 1. The van der Waals surface area contributed by atoms with Gasteiger partial charge in [0.1, 0.15) is 5.82 Å². The molecule has 0 saturated heterocycles. The zero-order chi connectivity index (χ0) is 10.6. The molecule has 1 N–H and O–H groups in total. The Kier molecular flexibility index (Phi) is 3.04. The van der Waals surface area contributed by atoms with Crippen molar-refractivity contribution >= 4 is 15.7 Å². The standard InChI is InChI=1S/C8H7FN2O2S/c9-7-1-3-8(4-2-7)11-14(12,13)6-5-10/h1-4,11H,6H2. The summed E-state index contributed by atoms with van der Waals surface area (Å²) < 4.78 is 36.7. The second-order valence-electron chi connectivity index (χ2n) is 2.53. The maximum absolute atomic E-state index is 12.4. The molecule has 0 aliphatic heterocycles. The van der Waals surface area contributed by atoms with Gasteiger partial charge >= 0.3 is 0 Å². The van der Waals surface area contributed by atoms with Gasteiger partial charge in [0, 0.05) is 5.69 Å². The topological polar surface area (TPSA) is 70.0 Å². The van der Waals surface area contributed by atoms with Crippen LogP contribution in [0.15, 0.2) is 24.3 Å². The van der Waals surface area contributed by atoms with Gasteiger partial charge in [0.05, 0.1) is 6.07 Å². The fourth-order valence-electron chi connectivity index (χ4n) is 0.819. The van der Waals surface area contributed by atoms with E-state index in [1.165, 1.54) is 18.2 Å². The second kappa shape index (κ2) is 4.07. The molecule has 6 heteroatoms. The summed E-state index contributed by atoms with van der Waals surface area (Å²) >= 11 is 0. The van der Waals surface area contributed by atoms with Crippen molar-refractivity contribution in [3.05, 3.63) is 30.1 Å². The maximum atomic E-state index is 12.4. The SMILES string of the molecule is N#CCS(=O)(=O)Nc1ccc(F)cc1. The predicted octanol–water partition coefficient (Wildman–Crippen LogP) is 1.09. The van der Waals surface area contributed by atoms with Crippen LogP contribution in [0.25, 0.3) is 0 Å². The number of hydrogen-bond donors (Lipinski definition) is 1. The summed E-state index contributed by atoms with van der Waals surface area (Å²) in [4.78, 5) is 0. The van der Waals surface area contributed by atoms with Gasteiger partial charge in [0.25, 0.3) is 0 Å². The van der Waals surface area contributed by atoms with Gasteiger partial charge in [-0.2, -0.15) is 5.26 Å². The number of nitrogens with zero attached hydrogens (tertiary/aromatic N) is 1. The van der Waals surface area contributed by atoms with Gasteiger partial charge in [-0.25, -0.2) is 12.8 Å². The van der Waals surface area contributed by atoms with Gasteiger partial charge < -0.3 is 0 Å². The molecule has 0 spiro atoms. The number of anilines is 1. The molecule has 0 heterocycles. The van der Waals surface area contributed by atoms with Gasteiger partial charge in [-0.3, -0.25) is 4.72 Å². The van der Waals surface area contributed by atoms with E-state index in [4.69, 9.17) is 5.26 Å². The van der Waals surface area contributed by atoms with Crippen molar-refractivity contribution in [3.63, 3.8) is 0 Å². The van der Waals surface area contributed by atoms with E-state index < -0.39 is 21.6 Å². The highest BCUT2D eigenvalue weighted by Gasteiger charge is 2.08. The Hall–Kier alpha value is -1.61. The van der Waals surface area contributed by atoms with Crippen LogP contribution in [0.4, 0.5) is 10.1 Å². The molecule has 14 heavy (non-hydrogen) atoms. The number of hydrogen-bond acceptors (Lipinski definition) is 3. The second-order valence-corrected chi connectivity index (χ2v) is 4.25. The Bertz CT molecular complexity index is 447.